The summed E-state index contributed by atoms with van der Waals surface area (Å²) in [5, 5.41) is 2.71. The summed E-state index contributed by atoms with van der Waals surface area (Å²) in [5.41, 5.74) is 6.28. The number of morpholine rings is 1. The largest absolute Gasteiger partial charge is 0.496 e. The number of hydrogen-bond donors (Lipinski definition) is 2. The third-order valence-corrected chi connectivity index (χ3v) is 6.55. The van der Waals surface area contributed by atoms with E-state index in [4.69, 9.17) is 15.2 Å². The van der Waals surface area contributed by atoms with Crippen molar-refractivity contribution in [2.24, 2.45) is 5.73 Å². The van der Waals surface area contributed by atoms with Gasteiger partial charge < -0.3 is 20.5 Å². The van der Waals surface area contributed by atoms with Gasteiger partial charge in [-0.3, -0.25) is 9.59 Å². The topological polar surface area (TPSA) is 128 Å². The van der Waals surface area contributed by atoms with Crippen molar-refractivity contribution in [3.8, 4) is 5.75 Å². The average Bonchev–Trinajstić information content (AvgIpc) is 2.74. The predicted octanol–water partition coefficient (Wildman–Crippen LogP) is 0.996. The van der Waals surface area contributed by atoms with Crippen LogP contribution >= 0.6 is 0 Å². The molecule has 0 aromatic heterocycles. The number of para-hydroxylation sites is 1. The molecule has 0 saturated carbocycles. The highest BCUT2D eigenvalue weighted by Gasteiger charge is 2.28. The summed E-state index contributed by atoms with van der Waals surface area (Å²) in [5.74, 6) is -0.878. The van der Waals surface area contributed by atoms with Crippen molar-refractivity contribution < 1.29 is 27.5 Å². The van der Waals surface area contributed by atoms with E-state index >= 15 is 0 Å². The van der Waals surface area contributed by atoms with Gasteiger partial charge in [0.25, 0.3) is 5.91 Å². The Labute approximate surface area is 174 Å². The number of nitrogens with two attached hydrogens (primary N) is 1. The number of sulfonamides is 1. The first-order chi connectivity index (χ1) is 14.3. The molecule has 1 saturated heterocycles. The molecule has 2 aromatic rings. The summed E-state index contributed by atoms with van der Waals surface area (Å²) >= 11 is 0. The van der Waals surface area contributed by atoms with Crippen LogP contribution in [0, 0.1) is 0 Å². The Morgan fingerprint density at radius 3 is 2.53 bits per heavy atom. The van der Waals surface area contributed by atoms with Crippen molar-refractivity contribution in [1.82, 2.24) is 4.31 Å². The molecular weight excluding hydrogens is 410 g/mol. The van der Waals surface area contributed by atoms with Gasteiger partial charge in [0.05, 0.1) is 37.2 Å². The van der Waals surface area contributed by atoms with E-state index in [0.29, 0.717) is 24.5 Å². The molecule has 0 aliphatic carbocycles. The smallest absolute Gasteiger partial charge is 0.259 e. The summed E-state index contributed by atoms with van der Waals surface area (Å²) in [4.78, 5) is 24.2. The molecule has 0 atom stereocenters. The number of hydrogen-bond acceptors (Lipinski definition) is 6. The molecule has 1 fully saturated rings. The Kier molecular flexibility index (Phi) is 6.70. The minimum absolute atomic E-state index is 0.0132. The number of carbonyl (C=O) groups is 2. The maximum atomic E-state index is 13.0. The van der Waals surface area contributed by atoms with Crippen molar-refractivity contribution in [1.29, 1.82) is 0 Å². The first kappa shape index (κ1) is 21.8. The van der Waals surface area contributed by atoms with Crippen LogP contribution in [0.25, 0.3) is 0 Å². The first-order valence-electron chi connectivity index (χ1n) is 9.26. The van der Waals surface area contributed by atoms with Gasteiger partial charge in [0.2, 0.25) is 15.9 Å². The fourth-order valence-corrected chi connectivity index (χ4v) is 4.57. The quantitative estimate of drug-likeness (QED) is 0.670. The molecule has 0 unspecified atom stereocenters. The summed E-state index contributed by atoms with van der Waals surface area (Å²) in [6.45, 7) is 1.13. The molecule has 2 aromatic carbocycles. The highest BCUT2D eigenvalue weighted by molar-refractivity contribution is 7.89. The highest BCUT2D eigenvalue weighted by Crippen LogP contribution is 2.26. The predicted molar refractivity (Wildman–Crippen MR) is 110 cm³/mol. The van der Waals surface area contributed by atoms with Gasteiger partial charge in [-0.05, 0) is 29.8 Å². The number of nitrogens with one attached hydrogen (secondary N) is 1. The van der Waals surface area contributed by atoms with Crippen molar-refractivity contribution >= 4 is 27.5 Å². The van der Waals surface area contributed by atoms with Crippen LogP contribution in [-0.2, 0) is 26.0 Å². The molecule has 1 aliphatic rings. The molecule has 30 heavy (non-hydrogen) atoms. The van der Waals surface area contributed by atoms with Crippen LogP contribution in [0.2, 0.25) is 0 Å². The zero-order chi connectivity index (χ0) is 21.7. The first-order valence-corrected chi connectivity index (χ1v) is 10.7. The number of amides is 2. The van der Waals surface area contributed by atoms with Crippen LogP contribution in [-0.4, -0.2) is 58.0 Å². The molecule has 2 amide bonds. The van der Waals surface area contributed by atoms with Crippen LogP contribution < -0.4 is 15.8 Å². The van der Waals surface area contributed by atoms with E-state index in [9.17, 15) is 18.0 Å². The molecule has 160 valence electrons. The zero-order valence-corrected chi connectivity index (χ0v) is 17.3. The van der Waals surface area contributed by atoms with Gasteiger partial charge in [-0.2, -0.15) is 4.31 Å². The number of benzene rings is 2. The normalized spacial score (nSPS) is 14.8. The fraction of sp³-hybridized carbons (Fsp3) is 0.300. The van der Waals surface area contributed by atoms with E-state index in [2.05, 4.69) is 5.32 Å². The second-order valence-corrected chi connectivity index (χ2v) is 8.57. The minimum Gasteiger partial charge on any atom is -0.496 e. The van der Waals surface area contributed by atoms with Crippen LogP contribution in [0.1, 0.15) is 15.9 Å². The third kappa shape index (κ3) is 4.78. The van der Waals surface area contributed by atoms with Crippen LogP contribution in [0.5, 0.6) is 5.75 Å². The molecule has 0 bridgehead atoms. The lowest BCUT2D eigenvalue weighted by molar-refractivity contribution is -0.117. The van der Waals surface area contributed by atoms with Gasteiger partial charge in [0, 0.05) is 18.8 Å². The number of primary amides is 1. The van der Waals surface area contributed by atoms with Gasteiger partial charge >= 0.3 is 0 Å². The number of nitrogens with zero attached hydrogens (tertiary/aromatic N) is 1. The second kappa shape index (κ2) is 9.24. The number of rotatable bonds is 7. The van der Waals surface area contributed by atoms with Crippen molar-refractivity contribution in [3.05, 3.63) is 53.6 Å². The standard InChI is InChI=1S/C20H23N3O6S/c1-28-18-7-6-15(30(26,27)23-8-10-29-11-9-23)13-16(18)20(25)22-17-5-3-2-4-14(17)12-19(21)24/h2-7,13H,8-12H2,1H3,(H2,21,24)(H,22,25). The Balaban J connectivity index is 1.92. The molecule has 0 radical (unpaired) electrons. The van der Waals surface area contributed by atoms with E-state index in [1.807, 2.05) is 0 Å². The summed E-state index contributed by atoms with van der Waals surface area (Å²) in [6.07, 6.45) is -0.0426. The van der Waals surface area contributed by atoms with E-state index < -0.39 is 21.8 Å². The van der Waals surface area contributed by atoms with Crippen LogP contribution in [0.3, 0.4) is 0 Å². The molecule has 3 rings (SSSR count). The molecule has 3 N–H and O–H groups in total. The maximum absolute atomic E-state index is 13.0. The average molecular weight is 433 g/mol. The SMILES string of the molecule is COc1ccc(S(=O)(=O)N2CCOCC2)cc1C(=O)Nc1ccccc1CC(N)=O. The Morgan fingerprint density at radius 1 is 1.17 bits per heavy atom. The van der Waals surface area contributed by atoms with Crippen molar-refractivity contribution in [2.75, 3.05) is 38.7 Å². The number of carbonyl (C=O) groups excluding carboxylic acids is 2. The Bertz CT molecular complexity index is 1050. The fourth-order valence-electron chi connectivity index (χ4n) is 3.13. The Morgan fingerprint density at radius 2 is 1.87 bits per heavy atom. The van der Waals surface area contributed by atoms with Crippen LogP contribution in [0.15, 0.2) is 47.4 Å². The highest BCUT2D eigenvalue weighted by atomic mass is 32.2. The molecule has 1 aliphatic heterocycles. The van der Waals surface area contributed by atoms with Gasteiger partial charge in [-0.15, -0.1) is 0 Å². The number of ether oxygens (including phenoxy) is 2. The monoisotopic (exact) mass is 433 g/mol. The van der Waals surface area contributed by atoms with Gasteiger partial charge in [0.1, 0.15) is 5.75 Å². The number of anilines is 1. The van der Waals surface area contributed by atoms with Gasteiger partial charge in [-0.1, -0.05) is 18.2 Å². The molecule has 10 heteroatoms. The number of methoxy groups -OCH3 is 1. The van der Waals surface area contributed by atoms with E-state index in [1.54, 1.807) is 24.3 Å². The molecule has 1 heterocycles. The second-order valence-electron chi connectivity index (χ2n) is 6.63. The zero-order valence-electron chi connectivity index (χ0n) is 16.5. The van der Waals surface area contributed by atoms with Gasteiger partial charge in [-0.25, -0.2) is 8.42 Å². The lowest BCUT2D eigenvalue weighted by atomic mass is 10.1. The summed E-state index contributed by atoms with van der Waals surface area (Å²) in [7, 11) is -2.39. The summed E-state index contributed by atoms with van der Waals surface area (Å²) in [6, 6.07) is 10.9. The van der Waals surface area contributed by atoms with E-state index in [1.165, 1.54) is 29.6 Å². The Hall–Kier alpha value is -2.95. The third-order valence-electron chi connectivity index (χ3n) is 4.65. The molecule has 9 nitrogen and oxygen atoms in total. The van der Waals surface area contributed by atoms with Gasteiger partial charge in [0.15, 0.2) is 0 Å². The lowest BCUT2D eigenvalue weighted by Crippen LogP contribution is -2.40. The van der Waals surface area contributed by atoms with Crippen molar-refractivity contribution in [3.63, 3.8) is 0 Å². The molecule has 0 spiro atoms. The lowest BCUT2D eigenvalue weighted by Gasteiger charge is -2.26. The minimum atomic E-state index is -3.78. The van der Waals surface area contributed by atoms with Crippen molar-refractivity contribution in [2.45, 2.75) is 11.3 Å². The summed E-state index contributed by atoms with van der Waals surface area (Å²) < 4.78 is 37.7. The van der Waals surface area contributed by atoms with E-state index in [0.717, 1.165) is 0 Å². The van der Waals surface area contributed by atoms with E-state index in [-0.39, 0.29) is 35.7 Å². The maximum Gasteiger partial charge on any atom is 0.259 e. The van der Waals surface area contributed by atoms with Crippen LogP contribution in [0.4, 0.5) is 5.69 Å². The molecular formula is C20H23N3O6S.